The van der Waals surface area contributed by atoms with Crippen molar-refractivity contribution in [3.8, 4) is 0 Å². The highest BCUT2D eigenvalue weighted by Crippen LogP contribution is 2.21. The van der Waals surface area contributed by atoms with Gasteiger partial charge in [-0.1, -0.05) is 20.8 Å². The number of aromatic amines is 1. The second-order valence-electron chi connectivity index (χ2n) is 6.53. The van der Waals surface area contributed by atoms with Gasteiger partial charge in [0.1, 0.15) is 5.82 Å². The van der Waals surface area contributed by atoms with E-state index in [0.29, 0.717) is 18.9 Å². The number of likely N-dealkylation sites (tertiary alicyclic amines) is 1. The summed E-state index contributed by atoms with van der Waals surface area (Å²) in [6.07, 6.45) is 1.52. The van der Waals surface area contributed by atoms with Gasteiger partial charge in [0.2, 0.25) is 11.7 Å². The lowest BCUT2D eigenvalue weighted by atomic mass is 9.93. The number of nitrogens with zero attached hydrogens (tertiary/aromatic N) is 3. The summed E-state index contributed by atoms with van der Waals surface area (Å²) in [6.45, 7) is 8.88. The second kappa shape index (κ2) is 5.83. The fraction of sp³-hybridized carbons (Fsp3) is 0.714. The van der Waals surface area contributed by atoms with Gasteiger partial charge >= 0.3 is 0 Å². The topological polar surface area (TPSA) is 91.0 Å². The molecule has 2 heterocycles. The molecule has 0 atom stereocenters. The lowest BCUT2D eigenvalue weighted by Crippen LogP contribution is -2.49. The molecule has 0 spiro atoms. The monoisotopic (exact) mass is 293 g/mol. The van der Waals surface area contributed by atoms with E-state index in [2.05, 4.69) is 20.5 Å². The van der Waals surface area contributed by atoms with E-state index in [-0.39, 0.29) is 29.1 Å². The first-order chi connectivity index (χ1) is 9.77. The first kappa shape index (κ1) is 15.5. The molecule has 0 radical (unpaired) electrons. The predicted octanol–water partition coefficient (Wildman–Crippen LogP) is 0.880. The Kier molecular flexibility index (Phi) is 4.29. The number of amides is 2. The van der Waals surface area contributed by atoms with E-state index in [0.717, 1.165) is 12.8 Å². The number of piperidine rings is 1. The van der Waals surface area contributed by atoms with Crippen molar-refractivity contribution in [2.45, 2.75) is 46.6 Å². The van der Waals surface area contributed by atoms with Crippen molar-refractivity contribution in [3.63, 3.8) is 0 Å². The first-order valence-corrected chi connectivity index (χ1v) is 7.26. The quantitative estimate of drug-likeness (QED) is 0.847. The normalized spacial score (nSPS) is 16.9. The van der Waals surface area contributed by atoms with E-state index in [4.69, 9.17) is 0 Å². The summed E-state index contributed by atoms with van der Waals surface area (Å²) in [5.41, 5.74) is -0.355. The maximum Gasteiger partial charge on any atom is 0.291 e. The van der Waals surface area contributed by atoms with Gasteiger partial charge in [-0.15, -0.1) is 5.10 Å². The van der Waals surface area contributed by atoms with Crippen LogP contribution in [0.15, 0.2) is 0 Å². The van der Waals surface area contributed by atoms with Gasteiger partial charge in [0.05, 0.1) is 0 Å². The Bertz CT molecular complexity index is 524. The molecule has 0 aromatic carbocycles. The van der Waals surface area contributed by atoms with Crippen molar-refractivity contribution in [2.24, 2.45) is 5.41 Å². The lowest BCUT2D eigenvalue weighted by molar-refractivity contribution is -0.140. The third kappa shape index (κ3) is 3.80. The molecular formula is C14H23N5O2. The summed E-state index contributed by atoms with van der Waals surface area (Å²) in [7, 11) is 0. The SMILES string of the molecule is Cc1nc(C(=O)NC2CCN(C(=O)C(C)(C)C)CC2)n[nH]1. The minimum absolute atomic E-state index is 0.0697. The Morgan fingerprint density at radius 3 is 2.38 bits per heavy atom. The van der Waals surface area contributed by atoms with Gasteiger partial charge in [-0.05, 0) is 19.8 Å². The van der Waals surface area contributed by atoms with Crippen molar-refractivity contribution in [1.29, 1.82) is 0 Å². The first-order valence-electron chi connectivity index (χ1n) is 7.26. The summed E-state index contributed by atoms with van der Waals surface area (Å²) in [5, 5.41) is 9.42. The smallest absolute Gasteiger partial charge is 0.291 e. The van der Waals surface area contributed by atoms with E-state index in [9.17, 15) is 9.59 Å². The van der Waals surface area contributed by atoms with Crippen molar-refractivity contribution >= 4 is 11.8 Å². The van der Waals surface area contributed by atoms with Gasteiger partial charge in [-0.2, -0.15) is 0 Å². The molecule has 0 bridgehead atoms. The van der Waals surface area contributed by atoms with Crippen molar-refractivity contribution in [3.05, 3.63) is 11.6 Å². The Balaban J connectivity index is 1.84. The zero-order valence-electron chi connectivity index (χ0n) is 13.1. The number of aryl methyl sites for hydroxylation is 1. The lowest BCUT2D eigenvalue weighted by Gasteiger charge is -2.35. The molecule has 2 rings (SSSR count). The van der Waals surface area contributed by atoms with Crippen LogP contribution in [-0.2, 0) is 4.79 Å². The van der Waals surface area contributed by atoms with Crippen molar-refractivity contribution in [2.75, 3.05) is 13.1 Å². The van der Waals surface area contributed by atoms with Crippen LogP contribution in [0.5, 0.6) is 0 Å². The number of hydrogen-bond donors (Lipinski definition) is 2. The molecular weight excluding hydrogens is 270 g/mol. The van der Waals surface area contributed by atoms with Gasteiger partial charge in [-0.3, -0.25) is 14.7 Å². The van der Waals surface area contributed by atoms with Crippen LogP contribution in [0.3, 0.4) is 0 Å². The minimum Gasteiger partial charge on any atom is -0.346 e. The Hall–Kier alpha value is -1.92. The molecule has 7 nitrogen and oxygen atoms in total. The Labute approximate surface area is 124 Å². The van der Waals surface area contributed by atoms with E-state index in [1.54, 1.807) is 6.92 Å². The standard InChI is InChI=1S/C14H23N5O2/c1-9-15-11(18-17-9)12(20)16-10-5-7-19(8-6-10)13(21)14(2,3)4/h10H,5-8H2,1-4H3,(H,16,20)(H,15,17,18). The van der Waals surface area contributed by atoms with E-state index in [1.807, 2.05) is 25.7 Å². The molecule has 1 fully saturated rings. The fourth-order valence-electron chi connectivity index (χ4n) is 2.40. The van der Waals surface area contributed by atoms with Crippen LogP contribution in [0.4, 0.5) is 0 Å². The van der Waals surface area contributed by atoms with Gasteiger partial charge in [-0.25, -0.2) is 4.98 Å². The average Bonchev–Trinajstić information content (AvgIpc) is 2.84. The zero-order valence-corrected chi connectivity index (χ0v) is 13.1. The molecule has 7 heteroatoms. The van der Waals surface area contributed by atoms with Crippen molar-refractivity contribution in [1.82, 2.24) is 25.4 Å². The van der Waals surface area contributed by atoms with E-state index >= 15 is 0 Å². The van der Waals surface area contributed by atoms with Gasteiger partial charge in [0.15, 0.2) is 0 Å². The predicted molar refractivity (Wildman–Crippen MR) is 77.6 cm³/mol. The molecule has 1 aliphatic heterocycles. The van der Waals surface area contributed by atoms with Crippen LogP contribution >= 0.6 is 0 Å². The van der Waals surface area contributed by atoms with Gasteiger partial charge < -0.3 is 10.2 Å². The summed E-state index contributed by atoms with van der Waals surface area (Å²) >= 11 is 0. The number of nitrogens with one attached hydrogen (secondary N) is 2. The Morgan fingerprint density at radius 1 is 1.29 bits per heavy atom. The molecule has 2 N–H and O–H groups in total. The maximum atomic E-state index is 12.2. The third-order valence-corrected chi connectivity index (χ3v) is 3.56. The Morgan fingerprint density at radius 2 is 1.90 bits per heavy atom. The zero-order chi connectivity index (χ0) is 15.6. The number of aromatic nitrogens is 3. The highest BCUT2D eigenvalue weighted by molar-refractivity contribution is 5.90. The van der Waals surface area contributed by atoms with Gasteiger partial charge in [0.25, 0.3) is 5.91 Å². The van der Waals surface area contributed by atoms with E-state index < -0.39 is 0 Å². The third-order valence-electron chi connectivity index (χ3n) is 3.56. The summed E-state index contributed by atoms with van der Waals surface area (Å²) in [4.78, 5) is 30.0. The highest BCUT2D eigenvalue weighted by Gasteiger charge is 2.31. The van der Waals surface area contributed by atoms with Crippen LogP contribution in [-0.4, -0.2) is 51.0 Å². The second-order valence-corrected chi connectivity index (χ2v) is 6.53. The number of rotatable bonds is 2. The summed E-state index contributed by atoms with van der Waals surface area (Å²) in [5.74, 6) is 0.684. The number of carbonyl (C=O) groups excluding carboxylic acids is 2. The van der Waals surface area contributed by atoms with Crippen LogP contribution in [0, 0.1) is 12.3 Å². The van der Waals surface area contributed by atoms with Crippen LogP contribution < -0.4 is 5.32 Å². The largest absolute Gasteiger partial charge is 0.346 e. The van der Waals surface area contributed by atoms with Crippen LogP contribution in [0.25, 0.3) is 0 Å². The molecule has 116 valence electrons. The maximum absolute atomic E-state index is 12.2. The molecule has 0 unspecified atom stereocenters. The summed E-state index contributed by atoms with van der Waals surface area (Å²) in [6, 6.07) is 0.0697. The number of carbonyl (C=O) groups is 2. The van der Waals surface area contributed by atoms with Crippen molar-refractivity contribution < 1.29 is 9.59 Å². The van der Waals surface area contributed by atoms with Gasteiger partial charge in [0, 0.05) is 24.5 Å². The fourth-order valence-corrected chi connectivity index (χ4v) is 2.40. The number of hydrogen-bond acceptors (Lipinski definition) is 4. The molecule has 2 amide bonds. The molecule has 0 aliphatic carbocycles. The molecule has 1 saturated heterocycles. The van der Waals surface area contributed by atoms with Crippen LogP contribution in [0.1, 0.15) is 50.1 Å². The molecule has 1 aromatic heterocycles. The number of H-pyrrole nitrogens is 1. The average molecular weight is 293 g/mol. The minimum atomic E-state index is -0.355. The van der Waals surface area contributed by atoms with Crippen LogP contribution in [0.2, 0.25) is 0 Å². The molecule has 21 heavy (non-hydrogen) atoms. The molecule has 0 saturated carbocycles. The molecule has 1 aromatic rings. The van der Waals surface area contributed by atoms with E-state index in [1.165, 1.54) is 0 Å². The summed E-state index contributed by atoms with van der Waals surface area (Å²) < 4.78 is 0. The highest BCUT2D eigenvalue weighted by atomic mass is 16.2. The molecule has 1 aliphatic rings.